The Morgan fingerprint density at radius 1 is 1.15 bits per heavy atom. The number of carbonyl (C=O) groups excluding carboxylic acids is 1. The number of halogens is 2. The average Bonchev–Trinajstić information content (AvgIpc) is 2.75. The molecule has 4 nitrogen and oxygen atoms in total. The molecule has 0 unspecified atom stereocenters. The molecule has 20 heavy (non-hydrogen) atoms. The Morgan fingerprint density at radius 3 is 2.70 bits per heavy atom. The van der Waals surface area contributed by atoms with Gasteiger partial charge in [-0.25, -0.2) is 9.18 Å². The van der Waals surface area contributed by atoms with E-state index in [1.165, 1.54) is 18.2 Å². The minimum atomic E-state index is -0.585. The maximum absolute atomic E-state index is 13.3. The van der Waals surface area contributed by atoms with E-state index < -0.39 is 11.6 Å². The Hall–Kier alpha value is -2.21. The van der Waals surface area contributed by atoms with Crippen LogP contribution in [0.4, 0.5) is 4.39 Å². The quantitative estimate of drug-likeness (QED) is 0.731. The SMILES string of the molecule is O=C(c1cc(F)cc(Br)c1)c1ccc2[nH]c(=O)oc2c1. The number of aromatic amines is 1. The van der Waals surface area contributed by atoms with Crippen LogP contribution in [0.25, 0.3) is 11.1 Å². The molecule has 0 saturated carbocycles. The minimum Gasteiger partial charge on any atom is -0.408 e. The van der Waals surface area contributed by atoms with E-state index >= 15 is 0 Å². The predicted octanol–water partition coefficient (Wildman–Crippen LogP) is 3.25. The standard InChI is InChI=1S/C14H7BrFNO3/c15-9-3-8(4-10(16)6-9)13(18)7-1-2-11-12(5-7)20-14(19)17-11/h1-6H,(H,17,19). The first-order valence-electron chi connectivity index (χ1n) is 5.66. The van der Waals surface area contributed by atoms with Gasteiger partial charge in [-0.1, -0.05) is 15.9 Å². The molecule has 100 valence electrons. The third-order valence-electron chi connectivity index (χ3n) is 2.81. The van der Waals surface area contributed by atoms with Gasteiger partial charge in [-0.3, -0.25) is 9.78 Å². The van der Waals surface area contributed by atoms with Crippen LogP contribution in [0, 0.1) is 5.82 Å². The summed E-state index contributed by atoms with van der Waals surface area (Å²) in [6, 6.07) is 8.53. The first kappa shape index (κ1) is 12.8. The predicted molar refractivity (Wildman–Crippen MR) is 74.4 cm³/mol. The number of H-pyrrole nitrogens is 1. The zero-order chi connectivity index (χ0) is 14.3. The summed E-state index contributed by atoms with van der Waals surface area (Å²) in [5, 5.41) is 0. The number of ketones is 1. The topological polar surface area (TPSA) is 63.1 Å². The van der Waals surface area contributed by atoms with Crippen LogP contribution in [0.1, 0.15) is 15.9 Å². The van der Waals surface area contributed by atoms with Crippen molar-refractivity contribution in [2.24, 2.45) is 0 Å². The van der Waals surface area contributed by atoms with Crippen LogP contribution in [0.5, 0.6) is 0 Å². The zero-order valence-electron chi connectivity index (χ0n) is 9.94. The summed E-state index contributed by atoms with van der Waals surface area (Å²) < 4.78 is 18.7. The van der Waals surface area contributed by atoms with Crippen molar-refractivity contribution in [1.29, 1.82) is 0 Å². The molecule has 0 fully saturated rings. The number of fused-ring (bicyclic) bond motifs is 1. The molecule has 0 aliphatic heterocycles. The molecule has 6 heteroatoms. The van der Waals surface area contributed by atoms with E-state index in [4.69, 9.17) is 4.42 Å². The second-order valence-electron chi connectivity index (χ2n) is 4.21. The molecule has 0 radical (unpaired) electrons. The number of oxazole rings is 1. The van der Waals surface area contributed by atoms with Crippen molar-refractivity contribution in [3.63, 3.8) is 0 Å². The highest BCUT2D eigenvalue weighted by Crippen LogP contribution is 2.20. The second-order valence-corrected chi connectivity index (χ2v) is 5.13. The number of benzene rings is 2. The van der Waals surface area contributed by atoms with E-state index in [2.05, 4.69) is 20.9 Å². The minimum absolute atomic E-state index is 0.217. The number of hydrogen-bond acceptors (Lipinski definition) is 3. The van der Waals surface area contributed by atoms with Crippen LogP contribution in [0.2, 0.25) is 0 Å². The summed E-state index contributed by atoms with van der Waals surface area (Å²) in [5.74, 6) is -1.44. The summed E-state index contributed by atoms with van der Waals surface area (Å²) in [4.78, 5) is 25.8. The molecule has 0 saturated heterocycles. The highest BCUT2D eigenvalue weighted by Gasteiger charge is 2.13. The summed E-state index contributed by atoms with van der Waals surface area (Å²) >= 11 is 3.14. The van der Waals surface area contributed by atoms with E-state index in [0.29, 0.717) is 15.6 Å². The van der Waals surface area contributed by atoms with Gasteiger partial charge in [0.2, 0.25) is 0 Å². The Labute approximate surface area is 120 Å². The van der Waals surface area contributed by atoms with Crippen molar-refractivity contribution in [2.45, 2.75) is 0 Å². The molecule has 3 aromatic rings. The van der Waals surface area contributed by atoms with Gasteiger partial charge in [0.25, 0.3) is 0 Å². The molecule has 0 aliphatic rings. The van der Waals surface area contributed by atoms with E-state index in [-0.39, 0.29) is 16.9 Å². The summed E-state index contributed by atoms with van der Waals surface area (Å²) in [6.45, 7) is 0. The normalized spacial score (nSPS) is 10.9. The third-order valence-corrected chi connectivity index (χ3v) is 3.27. The zero-order valence-corrected chi connectivity index (χ0v) is 11.5. The van der Waals surface area contributed by atoms with Gasteiger partial charge in [0.15, 0.2) is 11.4 Å². The second kappa shape index (κ2) is 4.72. The van der Waals surface area contributed by atoms with Crippen LogP contribution < -0.4 is 5.76 Å². The van der Waals surface area contributed by atoms with Crippen molar-refractivity contribution in [2.75, 3.05) is 0 Å². The van der Waals surface area contributed by atoms with E-state index in [1.807, 2.05) is 0 Å². The van der Waals surface area contributed by atoms with Gasteiger partial charge in [-0.15, -0.1) is 0 Å². The highest BCUT2D eigenvalue weighted by atomic mass is 79.9. The lowest BCUT2D eigenvalue weighted by Gasteiger charge is -2.02. The molecule has 0 amide bonds. The van der Waals surface area contributed by atoms with Crippen LogP contribution in [0.3, 0.4) is 0 Å². The van der Waals surface area contributed by atoms with Gasteiger partial charge in [0.1, 0.15) is 5.82 Å². The lowest BCUT2D eigenvalue weighted by molar-refractivity contribution is 0.103. The Morgan fingerprint density at radius 2 is 1.95 bits per heavy atom. The Bertz CT molecular complexity index is 861. The lowest BCUT2D eigenvalue weighted by Crippen LogP contribution is -2.01. The number of aromatic nitrogens is 1. The van der Waals surface area contributed by atoms with Crippen molar-refractivity contribution in [3.05, 3.63) is 68.4 Å². The molecule has 0 aliphatic carbocycles. The van der Waals surface area contributed by atoms with Crippen molar-refractivity contribution in [3.8, 4) is 0 Å². The van der Waals surface area contributed by atoms with Crippen molar-refractivity contribution in [1.82, 2.24) is 4.98 Å². The molecule has 0 atom stereocenters. The molecule has 0 spiro atoms. The number of carbonyl (C=O) groups is 1. The first-order chi connectivity index (χ1) is 9.52. The number of nitrogens with one attached hydrogen (secondary N) is 1. The van der Waals surface area contributed by atoms with E-state index in [0.717, 1.165) is 6.07 Å². The summed E-state index contributed by atoms with van der Waals surface area (Å²) in [7, 11) is 0. The Balaban J connectivity index is 2.09. The first-order valence-corrected chi connectivity index (χ1v) is 6.46. The highest BCUT2D eigenvalue weighted by molar-refractivity contribution is 9.10. The van der Waals surface area contributed by atoms with Crippen LogP contribution >= 0.6 is 15.9 Å². The maximum Gasteiger partial charge on any atom is 0.417 e. The molecule has 1 heterocycles. The molecule has 0 bridgehead atoms. The largest absolute Gasteiger partial charge is 0.417 e. The van der Waals surface area contributed by atoms with Crippen molar-refractivity contribution < 1.29 is 13.6 Å². The third kappa shape index (κ3) is 2.30. The van der Waals surface area contributed by atoms with Crippen LogP contribution in [0.15, 0.2) is 50.1 Å². The van der Waals surface area contributed by atoms with Crippen molar-refractivity contribution >= 4 is 32.8 Å². The van der Waals surface area contributed by atoms with Crippen LogP contribution in [-0.2, 0) is 0 Å². The molecular formula is C14H7BrFNO3. The molecule has 3 rings (SSSR count). The molecule has 2 aromatic carbocycles. The number of rotatable bonds is 2. The monoisotopic (exact) mass is 335 g/mol. The number of hydrogen-bond donors (Lipinski definition) is 1. The maximum atomic E-state index is 13.3. The van der Waals surface area contributed by atoms with E-state index in [9.17, 15) is 14.0 Å². The molecule has 1 aromatic heterocycles. The van der Waals surface area contributed by atoms with Gasteiger partial charge in [-0.2, -0.15) is 0 Å². The van der Waals surface area contributed by atoms with E-state index in [1.54, 1.807) is 12.1 Å². The summed E-state index contributed by atoms with van der Waals surface area (Å²) in [6.07, 6.45) is 0. The Kier molecular flexibility index (Phi) is 3.02. The smallest absolute Gasteiger partial charge is 0.408 e. The van der Waals surface area contributed by atoms with Gasteiger partial charge in [0, 0.05) is 15.6 Å². The van der Waals surface area contributed by atoms with Gasteiger partial charge < -0.3 is 4.42 Å². The van der Waals surface area contributed by atoms with Gasteiger partial charge in [0.05, 0.1) is 5.52 Å². The lowest BCUT2D eigenvalue weighted by atomic mass is 10.0. The summed E-state index contributed by atoms with van der Waals surface area (Å²) in [5.41, 5.74) is 1.33. The van der Waals surface area contributed by atoms with Gasteiger partial charge in [-0.05, 0) is 36.4 Å². The fourth-order valence-corrected chi connectivity index (χ4v) is 2.40. The van der Waals surface area contributed by atoms with Crippen LogP contribution in [-0.4, -0.2) is 10.8 Å². The molecular weight excluding hydrogens is 329 g/mol. The van der Waals surface area contributed by atoms with Gasteiger partial charge >= 0.3 is 5.76 Å². The fraction of sp³-hybridized carbons (Fsp3) is 0. The molecule has 1 N–H and O–H groups in total. The average molecular weight is 336 g/mol. The fourth-order valence-electron chi connectivity index (χ4n) is 1.94.